The predicted molar refractivity (Wildman–Crippen MR) is 61.3 cm³/mol. The average Bonchev–Trinajstić information content (AvgIpc) is 2.88. The molecule has 0 saturated heterocycles. The monoisotopic (exact) mass is 256 g/mol. The summed E-state index contributed by atoms with van der Waals surface area (Å²) in [6.07, 6.45) is 3.20. The SMILES string of the molecule is COC(=O)[C@@H](Cc1cnc[nH]1)NC(=O)[C@H](N)CO. The molecule has 1 amide bonds. The van der Waals surface area contributed by atoms with Crippen LogP contribution in [0, 0.1) is 0 Å². The molecule has 0 aliphatic carbocycles. The normalized spacial score (nSPS) is 13.7. The number of aliphatic hydroxyl groups is 1. The maximum atomic E-state index is 11.5. The number of aromatic amines is 1. The zero-order chi connectivity index (χ0) is 13.5. The van der Waals surface area contributed by atoms with E-state index in [-0.39, 0.29) is 6.42 Å². The Morgan fingerprint density at radius 3 is 2.89 bits per heavy atom. The highest BCUT2D eigenvalue weighted by atomic mass is 16.5. The summed E-state index contributed by atoms with van der Waals surface area (Å²) in [5.74, 6) is -1.21. The van der Waals surface area contributed by atoms with Crippen molar-refractivity contribution in [2.75, 3.05) is 13.7 Å². The number of rotatable bonds is 6. The van der Waals surface area contributed by atoms with Gasteiger partial charge in [0.15, 0.2) is 0 Å². The van der Waals surface area contributed by atoms with Gasteiger partial charge in [0.05, 0.1) is 20.0 Å². The lowest BCUT2D eigenvalue weighted by molar-refractivity contribution is -0.145. The molecule has 0 aliphatic heterocycles. The minimum atomic E-state index is -1.07. The van der Waals surface area contributed by atoms with Gasteiger partial charge in [0.25, 0.3) is 0 Å². The number of methoxy groups -OCH3 is 1. The van der Waals surface area contributed by atoms with Gasteiger partial charge >= 0.3 is 5.97 Å². The molecule has 1 aromatic rings. The summed E-state index contributed by atoms with van der Waals surface area (Å²) >= 11 is 0. The predicted octanol–water partition coefficient (Wildman–Crippen LogP) is -2.07. The Hall–Kier alpha value is -1.93. The summed E-state index contributed by atoms with van der Waals surface area (Å²) in [6.45, 7) is -0.496. The lowest BCUT2D eigenvalue weighted by Crippen LogP contribution is -2.50. The number of nitrogens with two attached hydrogens (primary N) is 1. The molecular formula is C10H16N4O4. The standard InChI is InChI=1S/C10H16N4O4/c1-18-10(17)8(2-6-3-12-5-13-6)14-9(16)7(11)4-15/h3,5,7-8,15H,2,4,11H2,1H3,(H,12,13)(H,14,16)/t7-,8-/m1/s1. The van der Waals surface area contributed by atoms with Crippen molar-refractivity contribution >= 4 is 11.9 Å². The topological polar surface area (TPSA) is 130 Å². The van der Waals surface area contributed by atoms with E-state index in [1.807, 2.05) is 0 Å². The molecule has 0 unspecified atom stereocenters. The van der Waals surface area contributed by atoms with Crippen LogP contribution in [0.2, 0.25) is 0 Å². The molecule has 0 aromatic carbocycles. The Morgan fingerprint density at radius 1 is 1.67 bits per heavy atom. The molecule has 5 N–H and O–H groups in total. The Kier molecular flexibility index (Phi) is 5.28. The molecule has 8 heteroatoms. The maximum absolute atomic E-state index is 11.5. The maximum Gasteiger partial charge on any atom is 0.328 e. The summed E-state index contributed by atoms with van der Waals surface area (Å²) in [5, 5.41) is 11.2. The van der Waals surface area contributed by atoms with Crippen LogP contribution < -0.4 is 11.1 Å². The highest BCUT2D eigenvalue weighted by molar-refractivity contribution is 5.87. The highest BCUT2D eigenvalue weighted by Crippen LogP contribution is 2.00. The van der Waals surface area contributed by atoms with E-state index < -0.39 is 30.6 Å². The number of carbonyl (C=O) groups is 2. The van der Waals surface area contributed by atoms with Gasteiger partial charge in [-0.25, -0.2) is 9.78 Å². The van der Waals surface area contributed by atoms with Gasteiger partial charge in [-0.15, -0.1) is 0 Å². The van der Waals surface area contributed by atoms with Crippen molar-refractivity contribution in [3.8, 4) is 0 Å². The van der Waals surface area contributed by atoms with Crippen molar-refractivity contribution in [2.24, 2.45) is 5.73 Å². The van der Waals surface area contributed by atoms with Crippen LogP contribution in [-0.2, 0) is 20.7 Å². The molecule has 18 heavy (non-hydrogen) atoms. The summed E-state index contributed by atoms with van der Waals surface area (Å²) in [6, 6.07) is -1.94. The van der Waals surface area contributed by atoms with Gasteiger partial charge in [-0.1, -0.05) is 0 Å². The van der Waals surface area contributed by atoms with Crippen LogP contribution in [0.3, 0.4) is 0 Å². The first-order chi connectivity index (χ1) is 8.58. The molecular weight excluding hydrogens is 240 g/mol. The zero-order valence-electron chi connectivity index (χ0n) is 9.92. The Labute approximate surface area is 104 Å². The molecule has 100 valence electrons. The van der Waals surface area contributed by atoms with Crippen LogP contribution in [-0.4, -0.2) is 52.8 Å². The number of H-pyrrole nitrogens is 1. The number of hydrogen-bond donors (Lipinski definition) is 4. The minimum Gasteiger partial charge on any atom is -0.467 e. The van der Waals surface area contributed by atoms with Crippen LogP contribution in [0.1, 0.15) is 5.69 Å². The van der Waals surface area contributed by atoms with Gasteiger partial charge in [0.2, 0.25) is 5.91 Å². The van der Waals surface area contributed by atoms with Gasteiger partial charge < -0.3 is 25.9 Å². The van der Waals surface area contributed by atoms with Gasteiger partial charge in [0, 0.05) is 18.3 Å². The number of nitrogens with zero attached hydrogens (tertiary/aromatic N) is 1. The molecule has 1 aromatic heterocycles. The average molecular weight is 256 g/mol. The molecule has 0 saturated carbocycles. The number of hydrogen-bond acceptors (Lipinski definition) is 6. The van der Waals surface area contributed by atoms with Crippen molar-refractivity contribution in [3.05, 3.63) is 18.2 Å². The van der Waals surface area contributed by atoms with Crippen LogP contribution in [0.25, 0.3) is 0 Å². The molecule has 0 aliphatic rings. The summed E-state index contributed by atoms with van der Waals surface area (Å²) in [7, 11) is 1.22. The molecule has 0 spiro atoms. The zero-order valence-corrected chi connectivity index (χ0v) is 9.92. The van der Waals surface area contributed by atoms with Gasteiger partial charge in [-0.05, 0) is 0 Å². The van der Waals surface area contributed by atoms with Crippen LogP contribution in [0.4, 0.5) is 0 Å². The van der Waals surface area contributed by atoms with E-state index in [2.05, 4.69) is 20.0 Å². The van der Waals surface area contributed by atoms with Crippen molar-refractivity contribution in [2.45, 2.75) is 18.5 Å². The molecule has 0 fully saturated rings. The van der Waals surface area contributed by atoms with Gasteiger partial charge in [-0.3, -0.25) is 4.79 Å². The number of esters is 1. The van der Waals surface area contributed by atoms with Crippen LogP contribution in [0.5, 0.6) is 0 Å². The quantitative estimate of drug-likeness (QED) is 0.432. The fraction of sp³-hybridized carbons (Fsp3) is 0.500. The Bertz CT molecular complexity index is 393. The number of imidazole rings is 1. The molecule has 0 radical (unpaired) electrons. The molecule has 1 heterocycles. The van der Waals surface area contributed by atoms with Crippen molar-refractivity contribution in [1.82, 2.24) is 15.3 Å². The summed E-state index contributed by atoms with van der Waals surface area (Å²) < 4.78 is 4.58. The molecule has 0 bridgehead atoms. The number of carbonyl (C=O) groups excluding carboxylic acids is 2. The first kappa shape index (κ1) is 14.1. The van der Waals surface area contributed by atoms with E-state index in [0.29, 0.717) is 5.69 Å². The third kappa shape index (κ3) is 3.82. The van der Waals surface area contributed by atoms with E-state index in [1.165, 1.54) is 19.6 Å². The minimum absolute atomic E-state index is 0.205. The Balaban J connectivity index is 2.67. The van der Waals surface area contributed by atoms with Crippen molar-refractivity contribution < 1.29 is 19.4 Å². The number of nitrogens with one attached hydrogen (secondary N) is 2. The molecule has 2 atom stereocenters. The third-order valence-electron chi connectivity index (χ3n) is 2.31. The Morgan fingerprint density at radius 2 is 2.39 bits per heavy atom. The van der Waals surface area contributed by atoms with Gasteiger partial charge in [0.1, 0.15) is 12.1 Å². The first-order valence-electron chi connectivity index (χ1n) is 5.30. The second kappa shape index (κ2) is 6.72. The molecule has 8 nitrogen and oxygen atoms in total. The van der Waals surface area contributed by atoms with Crippen LogP contribution >= 0.6 is 0 Å². The number of aliphatic hydroxyl groups excluding tert-OH is 1. The van der Waals surface area contributed by atoms with Gasteiger partial charge in [-0.2, -0.15) is 0 Å². The first-order valence-corrected chi connectivity index (χ1v) is 5.30. The van der Waals surface area contributed by atoms with E-state index in [1.54, 1.807) is 0 Å². The van der Waals surface area contributed by atoms with E-state index in [9.17, 15) is 9.59 Å². The highest BCUT2D eigenvalue weighted by Gasteiger charge is 2.24. The van der Waals surface area contributed by atoms with E-state index >= 15 is 0 Å². The van der Waals surface area contributed by atoms with Crippen molar-refractivity contribution in [3.63, 3.8) is 0 Å². The number of aromatic nitrogens is 2. The van der Waals surface area contributed by atoms with E-state index in [4.69, 9.17) is 10.8 Å². The fourth-order valence-corrected chi connectivity index (χ4v) is 1.31. The fourth-order valence-electron chi connectivity index (χ4n) is 1.31. The number of amides is 1. The second-order valence-electron chi connectivity index (χ2n) is 3.65. The lowest BCUT2D eigenvalue weighted by atomic mass is 10.1. The molecule has 1 rings (SSSR count). The van der Waals surface area contributed by atoms with E-state index in [0.717, 1.165) is 0 Å². The number of ether oxygens (including phenoxy) is 1. The van der Waals surface area contributed by atoms with Crippen molar-refractivity contribution in [1.29, 1.82) is 0 Å². The largest absolute Gasteiger partial charge is 0.467 e. The third-order valence-corrected chi connectivity index (χ3v) is 2.31. The summed E-state index contributed by atoms with van der Waals surface area (Å²) in [4.78, 5) is 29.6. The van der Waals surface area contributed by atoms with Crippen LogP contribution in [0.15, 0.2) is 12.5 Å². The smallest absolute Gasteiger partial charge is 0.328 e. The summed E-state index contributed by atoms with van der Waals surface area (Å²) in [5.41, 5.74) is 6.02. The lowest BCUT2D eigenvalue weighted by Gasteiger charge is -2.17. The second-order valence-corrected chi connectivity index (χ2v) is 3.65.